The van der Waals surface area contributed by atoms with Gasteiger partial charge in [-0.15, -0.1) is 0 Å². The van der Waals surface area contributed by atoms with E-state index in [1.54, 1.807) is 30.3 Å². The topological polar surface area (TPSA) is 123 Å². The van der Waals surface area contributed by atoms with Gasteiger partial charge in [0.25, 0.3) is 10.1 Å². The standard InChI is InChI=1S/C13H13NO7S/c15-12-10(7-9-3-1-2-4-11(9)21-12)8-20-13(16)14-5-6-22(17,18)19/h1-4,7H,5-6,8H2,(H,14,16)(H,17,18,19). The first-order valence-corrected chi connectivity index (χ1v) is 7.83. The van der Waals surface area contributed by atoms with Crippen molar-refractivity contribution in [2.24, 2.45) is 0 Å². The van der Waals surface area contributed by atoms with Crippen molar-refractivity contribution in [2.45, 2.75) is 6.61 Å². The van der Waals surface area contributed by atoms with E-state index in [1.165, 1.54) is 0 Å². The molecule has 22 heavy (non-hydrogen) atoms. The van der Waals surface area contributed by atoms with Crippen LogP contribution < -0.4 is 10.9 Å². The molecule has 0 atom stereocenters. The van der Waals surface area contributed by atoms with Crippen LogP contribution in [0.25, 0.3) is 11.0 Å². The van der Waals surface area contributed by atoms with Gasteiger partial charge in [0.1, 0.15) is 12.2 Å². The molecule has 0 saturated carbocycles. The predicted molar refractivity (Wildman–Crippen MR) is 77.1 cm³/mol. The van der Waals surface area contributed by atoms with E-state index in [2.05, 4.69) is 5.32 Å². The highest BCUT2D eigenvalue weighted by Crippen LogP contribution is 2.12. The lowest BCUT2D eigenvalue weighted by Gasteiger charge is -2.06. The molecule has 1 aromatic heterocycles. The minimum Gasteiger partial charge on any atom is -0.444 e. The van der Waals surface area contributed by atoms with E-state index in [1.807, 2.05) is 0 Å². The van der Waals surface area contributed by atoms with Crippen molar-refractivity contribution in [2.75, 3.05) is 12.3 Å². The smallest absolute Gasteiger partial charge is 0.407 e. The van der Waals surface area contributed by atoms with Gasteiger partial charge in [-0.25, -0.2) is 9.59 Å². The lowest BCUT2D eigenvalue weighted by Crippen LogP contribution is -2.29. The highest BCUT2D eigenvalue weighted by Gasteiger charge is 2.10. The van der Waals surface area contributed by atoms with Crippen LogP contribution in [0, 0.1) is 0 Å². The number of rotatable bonds is 5. The SMILES string of the molecule is O=C(NCCS(=O)(=O)O)OCc1cc2ccccc2oc1=O. The lowest BCUT2D eigenvalue weighted by atomic mass is 10.2. The molecule has 118 valence electrons. The average molecular weight is 327 g/mol. The van der Waals surface area contributed by atoms with Crippen LogP contribution in [0.1, 0.15) is 5.56 Å². The van der Waals surface area contributed by atoms with Crippen LogP contribution in [0.2, 0.25) is 0 Å². The van der Waals surface area contributed by atoms with Gasteiger partial charge < -0.3 is 14.5 Å². The molecule has 0 spiro atoms. The Labute approximate surface area is 125 Å². The molecular formula is C13H13NO7S. The molecule has 2 aromatic rings. The van der Waals surface area contributed by atoms with Gasteiger partial charge in [0.15, 0.2) is 0 Å². The number of hydrogen-bond donors (Lipinski definition) is 2. The molecule has 0 aliphatic heterocycles. The Morgan fingerprint density at radius 1 is 1.32 bits per heavy atom. The van der Waals surface area contributed by atoms with E-state index in [0.717, 1.165) is 0 Å². The Hall–Kier alpha value is -2.39. The summed E-state index contributed by atoms with van der Waals surface area (Å²) in [4.78, 5) is 23.0. The van der Waals surface area contributed by atoms with Gasteiger partial charge in [0.2, 0.25) is 0 Å². The van der Waals surface area contributed by atoms with Crippen LogP contribution in [0.3, 0.4) is 0 Å². The third-order valence-electron chi connectivity index (χ3n) is 2.70. The molecule has 2 rings (SSSR count). The van der Waals surface area contributed by atoms with E-state index in [0.29, 0.717) is 11.0 Å². The number of alkyl carbamates (subject to hydrolysis) is 1. The summed E-state index contributed by atoms with van der Waals surface area (Å²) >= 11 is 0. The van der Waals surface area contributed by atoms with E-state index in [9.17, 15) is 18.0 Å². The zero-order valence-electron chi connectivity index (χ0n) is 11.3. The lowest BCUT2D eigenvalue weighted by molar-refractivity contribution is 0.139. The molecule has 0 saturated heterocycles. The number of carbonyl (C=O) groups is 1. The fourth-order valence-corrected chi connectivity index (χ4v) is 2.04. The molecule has 0 bridgehead atoms. The summed E-state index contributed by atoms with van der Waals surface area (Å²) in [7, 11) is -4.15. The second kappa shape index (κ2) is 6.58. The maximum atomic E-state index is 11.7. The summed E-state index contributed by atoms with van der Waals surface area (Å²) in [6, 6.07) is 8.43. The minimum atomic E-state index is -4.15. The molecule has 1 heterocycles. The number of carbonyl (C=O) groups excluding carboxylic acids is 1. The van der Waals surface area contributed by atoms with Gasteiger partial charge in [0.05, 0.1) is 11.3 Å². The van der Waals surface area contributed by atoms with Gasteiger partial charge in [-0.1, -0.05) is 18.2 Å². The van der Waals surface area contributed by atoms with Gasteiger partial charge in [-0.2, -0.15) is 8.42 Å². The highest BCUT2D eigenvalue weighted by molar-refractivity contribution is 7.85. The summed E-state index contributed by atoms with van der Waals surface area (Å²) in [5.41, 5.74) is -0.0399. The molecule has 0 aliphatic carbocycles. The Balaban J connectivity index is 1.95. The first-order chi connectivity index (χ1) is 10.3. The predicted octanol–water partition coefficient (Wildman–Crippen LogP) is 0.907. The number of para-hydroxylation sites is 1. The average Bonchev–Trinajstić information content (AvgIpc) is 2.43. The Morgan fingerprint density at radius 2 is 2.05 bits per heavy atom. The molecule has 0 radical (unpaired) electrons. The molecule has 0 aliphatic rings. The van der Waals surface area contributed by atoms with E-state index in [-0.39, 0.29) is 18.7 Å². The number of amides is 1. The number of fused-ring (bicyclic) bond motifs is 1. The van der Waals surface area contributed by atoms with Crippen LogP contribution in [-0.2, 0) is 21.5 Å². The first kappa shape index (κ1) is 16.0. The largest absolute Gasteiger partial charge is 0.444 e. The van der Waals surface area contributed by atoms with Gasteiger partial charge in [-0.3, -0.25) is 4.55 Å². The summed E-state index contributed by atoms with van der Waals surface area (Å²) in [6.07, 6.45) is -0.906. The first-order valence-electron chi connectivity index (χ1n) is 6.23. The zero-order valence-corrected chi connectivity index (χ0v) is 12.1. The van der Waals surface area contributed by atoms with Crippen LogP contribution in [0.4, 0.5) is 4.79 Å². The third kappa shape index (κ3) is 4.57. The van der Waals surface area contributed by atoms with Crippen molar-refractivity contribution < 1.29 is 26.9 Å². The summed E-state index contributed by atoms with van der Waals surface area (Å²) in [6.45, 7) is -0.616. The number of nitrogens with one attached hydrogen (secondary N) is 1. The fourth-order valence-electron chi connectivity index (χ4n) is 1.68. The van der Waals surface area contributed by atoms with Crippen LogP contribution in [0.5, 0.6) is 0 Å². The Morgan fingerprint density at radius 3 is 2.77 bits per heavy atom. The van der Waals surface area contributed by atoms with Crippen molar-refractivity contribution in [1.82, 2.24) is 5.32 Å². The van der Waals surface area contributed by atoms with Crippen molar-refractivity contribution >= 4 is 27.2 Å². The van der Waals surface area contributed by atoms with Crippen molar-refractivity contribution in [3.8, 4) is 0 Å². The fraction of sp³-hybridized carbons (Fsp3) is 0.231. The van der Waals surface area contributed by atoms with Crippen LogP contribution in [0.15, 0.2) is 39.5 Å². The monoisotopic (exact) mass is 327 g/mol. The quantitative estimate of drug-likeness (QED) is 0.618. The van der Waals surface area contributed by atoms with E-state index in [4.69, 9.17) is 13.7 Å². The molecule has 0 unspecified atom stereocenters. The number of hydrogen-bond acceptors (Lipinski definition) is 6. The molecule has 1 aromatic carbocycles. The third-order valence-corrected chi connectivity index (χ3v) is 3.42. The molecule has 2 N–H and O–H groups in total. The summed E-state index contributed by atoms with van der Waals surface area (Å²) in [5, 5.41) is 2.82. The van der Waals surface area contributed by atoms with Gasteiger partial charge in [-0.05, 0) is 12.1 Å². The molecule has 9 heteroatoms. The van der Waals surface area contributed by atoms with Crippen molar-refractivity contribution in [3.63, 3.8) is 0 Å². The molecule has 1 amide bonds. The van der Waals surface area contributed by atoms with Crippen LogP contribution >= 0.6 is 0 Å². The maximum Gasteiger partial charge on any atom is 0.407 e. The second-order valence-electron chi connectivity index (χ2n) is 4.39. The Kier molecular flexibility index (Phi) is 4.78. The van der Waals surface area contributed by atoms with Crippen molar-refractivity contribution in [3.05, 3.63) is 46.3 Å². The Bertz CT molecular complexity index is 841. The van der Waals surface area contributed by atoms with E-state index >= 15 is 0 Å². The summed E-state index contributed by atoms with van der Waals surface area (Å²) < 4.78 is 39.3. The summed E-state index contributed by atoms with van der Waals surface area (Å²) in [5.74, 6) is -0.625. The normalized spacial score (nSPS) is 11.3. The molecule has 8 nitrogen and oxygen atoms in total. The van der Waals surface area contributed by atoms with Gasteiger partial charge >= 0.3 is 11.7 Å². The van der Waals surface area contributed by atoms with Crippen LogP contribution in [-0.4, -0.2) is 31.4 Å². The zero-order chi connectivity index (χ0) is 16.2. The van der Waals surface area contributed by atoms with E-state index < -0.39 is 27.6 Å². The number of ether oxygens (including phenoxy) is 1. The van der Waals surface area contributed by atoms with Gasteiger partial charge in [0, 0.05) is 11.9 Å². The second-order valence-corrected chi connectivity index (χ2v) is 5.96. The maximum absolute atomic E-state index is 11.7. The highest BCUT2D eigenvalue weighted by atomic mass is 32.2. The number of benzene rings is 1. The van der Waals surface area contributed by atoms with Crippen molar-refractivity contribution in [1.29, 1.82) is 0 Å². The molecular weight excluding hydrogens is 314 g/mol. The minimum absolute atomic E-state index is 0.156. The molecule has 0 fully saturated rings.